The number of nitrogens with one attached hydrogen (secondary N) is 1. The Morgan fingerprint density at radius 1 is 1.06 bits per heavy atom. The summed E-state index contributed by atoms with van der Waals surface area (Å²) in [6.07, 6.45) is 6.35. The number of amides is 2. The van der Waals surface area contributed by atoms with Crippen LogP contribution in [0.4, 0.5) is 0 Å². The molecule has 0 aromatic rings. The lowest BCUT2D eigenvalue weighted by molar-refractivity contribution is -0.140. The van der Waals surface area contributed by atoms with E-state index >= 15 is 0 Å². The quantitative estimate of drug-likeness (QED) is 0.570. The Labute approximate surface area is 102 Å². The zero-order chi connectivity index (χ0) is 11.8. The summed E-state index contributed by atoms with van der Waals surface area (Å²) in [4.78, 5) is 25.6. The number of hydrogen-bond donors (Lipinski definition) is 1. The number of nitrogens with zero attached hydrogens (tertiary/aromatic N) is 1. The number of carbonyl (C=O) groups is 2. The molecule has 2 amide bonds. The molecule has 2 saturated carbocycles. The molecule has 17 heavy (non-hydrogen) atoms. The predicted octanol–water partition coefficient (Wildman–Crippen LogP) is 0.914. The van der Waals surface area contributed by atoms with Crippen molar-refractivity contribution in [2.45, 2.75) is 44.6 Å². The fourth-order valence-electron chi connectivity index (χ4n) is 3.11. The lowest BCUT2D eigenvalue weighted by Gasteiger charge is -2.15. The molecule has 2 aliphatic carbocycles. The molecule has 1 aliphatic heterocycles. The van der Waals surface area contributed by atoms with Gasteiger partial charge in [-0.1, -0.05) is 6.42 Å². The summed E-state index contributed by atoms with van der Waals surface area (Å²) in [5, 5.41) is 3.41. The maximum atomic E-state index is 12.0. The van der Waals surface area contributed by atoms with Gasteiger partial charge in [0.15, 0.2) is 0 Å². The lowest BCUT2D eigenvalue weighted by Crippen LogP contribution is -2.34. The normalized spacial score (nSPS) is 32.4. The summed E-state index contributed by atoms with van der Waals surface area (Å²) in [5.74, 6) is 0.255. The van der Waals surface area contributed by atoms with Crippen LogP contribution in [0.2, 0.25) is 0 Å². The van der Waals surface area contributed by atoms with Gasteiger partial charge < -0.3 is 5.32 Å². The highest BCUT2D eigenvalue weighted by Gasteiger charge is 2.49. The van der Waals surface area contributed by atoms with Crippen molar-refractivity contribution in [1.29, 1.82) is 0 Å². The van der Waals surface area contributed by atoms with E-state index in [1.807, 2.05) is 0 Å². The molecule has 1 heterocycles. The van der Waals surface area contributed by atoms with Gasteiger partial charge in [-0.25, -0.2) is 0 Å². The number of imide groups is 1. The average molecular weight is 236 g/mol. The summed E-state index contributed by atoms with van der Waals surface area (Å²) >= 11 is 0. The maximum absolute atomic E-state index is 12.0. The molecule has 3 fully saturated rings. The number of rotatable bonds is 5. The highest BCUT2D eigenvalue weighted by atomic mass is 16.2. The van der Waals surface area contributed by atoms with Crippen molar-refractivity contribution >= 4 is 11.8 Å². The Kier molecular flexibility index (Phi) is 2.90. The van der Waals surface area contributed by atoms with Crippen LogP contribution < -0.4 is 5.32 Å². The molecule has 2 unspecified atom stereocenters. The highest BCUT2D eigenvalue weighted by Crippen LogP contribution is 2.39. The molecule has 3 aliphatic rings. The van der Waals surface area contributed by atoms with Crippen LogP contribution in [0.5, 0.6) is 0 Å². The molecule has 1 N–H and O–H groups in total. The van der Waals surface area contributed by atoms with E-state index in [1.165, 1.54) is 17.7 Å². The molecule has 3 rings (SSSR count). The van der Waals surface area contributed by atoms with E-state index in [2.05, 4.69) is 5.32 Å². The molecular formula is C13H20N2O2. The molecule has 1 saturated heterocycles. The lowest BCUT2D eigenvalue weighted by atomic mass is 10.00. The highest BCUT2D eigenvalue weighted by molar-refractivity contribution is 6.05. The second kappa shape index (κ2) is 4.41. The summed E-state index contributed by atoms with van der Waals surface area (Å²) in [6.45, 7) is 1.54. The van der Waals surface area contributed by atoms with Crippen LogP contribution in [-0.4, -0.2) is 35.8 Å². The first-order chi connectivity index (χ1) is 8.27. The van der Waals surface area contributed by atoms with E-state index in [0.717, 1.165) is 32.2 Å². The topological polar surface area (TPSA) is 49.4 Å². The minimum absolute atomic E-state index is 0.0268. The van der Waals surface area contributed by atoms with Crippen LogP contribution in [0.25, 0.3) is 0 Å². The van der Waals surface area contributed by atoms with Crippen molar-refractivity contribution in [3.05, 3.63) is 0 Å². The predicted molar refractivity (Wildman–Crippen MR) is 63.2 cm³/mol. The second-order valence-electron chi connectivity index (χ2n) is 5.55. The molecule has 0 radical (unpaired) electrons. The van der Waals surface area contributed by atoms with Crippen LogP contribution in [-0.2, 0) is 9.59 Å². The minimum atomic E-state index is 0.0268. The third-order valence-electron chi connectivity index (χ3n) is 4.25. The van der Waals surface area contributed by atoms with Gasteiger partial charge in [-0.2, -0.15) is 0 Å². The van der Waals surface area contributed by atoms with Gasteiger partial charge in [-0.3, -0.25) is 14.5 Å². The van der Waals surface area contributed by atoms with Crippen molar-refractivity contribution in [2.75, 3.05) is 13.1 Å². The van der Waals surface area contributed by atoms with E-state index in [9.17, 15) is 9.59 Å². The van der Waals surface area contributed by atoms with Gasteiger partial charge in [0.25, 0.3) is 0 Å². The van der Waals surface area contributed by atoms with Gasteiger partial charge in [0.1, 0.15) is 0 Å². The van der Waals surface area contributed by atoms with Crippen molar-refractivity contribution in [3.63, 3.8) is 0 Å². The Morgan fingerprint density at radius 2 is 1.71 bits per heavy atom. The summed E-state index contributed by atoms with van der Waals surface area (Å²) in [6, 6.07) is 0.708. The standard InChI is InChI=1S/C13H20N2O2/c16-12-10-3-1-4-11(10)13(17)15(12)8-2-7-14-9-5-6-9/h9-11,14H,1-8H2. The van der Waals surface area contributed by atoms with Crippen LogP contribution in [0.15, 0.2) is 0 Å². The summed E-state index contributed by atoms with van der Waals surface area (Å²) in [7, 11) is 0. The van der Waals surface area contributed by atoms with Crippen molar-refractivity contribution in [2.24, 2.45) is 11.8 Å². The van der Waals surface area contributed by atoms with Gasteiger partial charge >= 0.3 is 0 Å². The molecule has 4 heteroatoms. The Hall–Kier alpha value is -0.900. The van der Waals surface area contributed by atoms with Crippen molar-refractivity contribution in [1.82, 2.24) is 10.2 Å². The molecule has 0 aromatic heterocycles. The minimum Gasteiger partial charge on any atom is -0.314 e. The zero-order valence-corrected chi connectivity index (χ0v) is 10.2. The van der Waals surface area contributed by atoms with Gasteiger partial charge in [0.05, 0.1) is 11.8 Å². The fourth-order valence-corrected chi connectivity index (χ4v) is 3.11. The molecule has 0 spiro atoms. The SMILES string of the molecule is O=C1C2CCCC2C(=O)N1CCCNC1CC1. The summed E-state index contributed by atoms with van der Waals surface area (Å²) < 4.78 is 0. The van der Waals surface area contributed by atoms with E-state index < -0.39 is 0 Å². The van der Waals surface area contributed by atoms with Gasteiger partial charge in [-0.05, 0) is 38.6 Å². The van der Waals surface area contributed by atoms with Crippen LogP contribution >= 0.6 is 0 Å². The number of hydrogen-bond acceptors (Lipinski definition) is 3. The van der Waals surface area contributed by atoms with Crippen molar-refractivity contribution < 1.29 is 9.59 Å². The van der Waals surface area contributed by atoms with Crippen LogP contribution in [0.3, 0.4) is 0 Å². The fraction of sp³-hybridized carbons (Fsp3) is 0.846. The largest absolute Gasteiger partial charge is 0.314 e. The second-order valence-corrected chi connectivity index (χ2v) is 5.55. The molecule has 4 nitrogen and oxygen atoms in total. The smallest absolute Gasteiger partial charge is 0.233 e. The third kappa shape index (κ3) is 2.10. The van der Waals surface area contributed by atoms with E-state index in [-0.39, 0.29) is 23.7 Å². The van der Waals surface area contributed by atoms with Gasteiger partial charge in [0.2, 0.25) is 11.8 Å². The average Bonchev–Trinajstić information content (AvgIpc) is 2.96. The monoisotopic (exact) mass is 236 g/mol. The molecule has 2 atom stereocenters. The maximum Gasteiger partial charge on any atom is 0.233 e. The molecule has 94 valence electrons. The Bertz CT molecular complexity index is 316. The zero-order valence-electron chi connectivity index (χ0n) is 10.2. The third-order valence-corrected chi connectivity index (χ3v) is 4.25. The van der Waals surface area contributed by atoms with E-state index in [4.69, 9.17) is 0 Å². The molecule has 0 bridgehead atoms. The summed E-state index contributed by atoms with van der Waals surface area (Å²) in [5.41, 5.74) is 0. The van der Waals surface area contributed by atoms with E-state index in [0.29, 0.717) is 12.6 Å². The van der Waals surface area contributed by atoms with Crippen molar-refractivity contribution in [3.8, 4) is 0 Å². The first kappa shape index (κ1) is 11.2. The van der Waals surface area contributed by atoms with Gasteiger partial charge in [-0.15, -0.1) is 0 Å². The number of carbonyl (C=O) groups excluding carboxylic acids is 2. The number of likely N-dealkylation sites (tertiary alicyclic amines) is 1. The van der Waals surface area contributed by atoms with Crippen LogP contribution in [0, 0.1) is 11.8 Å². The molecule has 0 aromatic carbocycles. The first-order valence-corrected chi connectivity index (χ1v) is 6.86. The van der Waals surface area contributed by atoms with E-state index in [1.54, 1.807) is 0 Å². The van der Waals surface area contributed by atoms with Gasteiger partial charge in [0, 0.05) is 12.6 Å². The Balaban J connectivity index is 1.49. The van der Waals surface area contributed by atoms with Crippen LogP contribution in [0.1, 0.15) is 38.5 Å². The Morgan fingerprint density at radius 3 is 2.29 bits per heavy atom. The first-order valence-electron chi connectivity index (χ1n) is 6.86. The number of fused-ring (bicyclic) bond motifs is 1. The molecular weight excluding hydrogens is 216 g/mol.